The van der Waals surface area contributed by atoms with Gasteiger partial charge >= 0.3 is 5.97 Å². The minimum absolute atomic E-state index is 0.124. The molecule has 1 spiro atoms. The number of nitrogens with zero attached hydrogens (tertiary/aromatic N) is 2. The van der Waals surface area contributed by atoms with Crippen molar-refractivity contribution in [2.24, 2.45) is 11.8 Å². The maximum atomic E-state index is 15.1. The number of carbonyl (C=O) groups is 4. The van der Waals surface area contributed by atoms with Crippen molar-refractivity contribution in [2.75, 3.05) is 31.8 Å². The minimum Gasteiger partial charge on any atom is -0.497 e. The molecule has 3 saturated heterocycles. The van der Waals surface area contributed by atoms with Crippen molar-refractivity contribution in [1.82, 2.24) is 10.2 Å². The maximum Gasteiger partial charge on any atom is 0.306 e. The van der Waals surface area contributed by atoms with E-state index in [4.69, 9.17) is 14.2 Å². The van der Waals surface area contributed by atoms with Gasteiger partial charge in [-0.25, -0.2) is 0 Å². The van der Waals surface area contributed by atoms with E-state index in [9.17, 15) is 14.7 Å². The van der Waals surface area contributed by atoms with Gasteiger partial charge in [0.2, 0.25) is 11.8 Å². The topological polar surface area (TPSA) is 135 Å². The second-order valence-electron chi connectivity index (χ2n) is 13.9. The highest BCUT2D eigenvalue weighted by atomic mass is 79.9. The van der Waals surface area contributed by atoms with E-state index >= 15 is 9.59 Å². The first-order chi connectivity index (χ1) is 26.2. The summed E-state index contributed by atoms with van der Waals surface area (Å²) in [6, 6.07) is 22.9. The summed E-state index contributed by atoms with van der Waals surface area (Å²) in [7, 11) is 1.56. The average Bonchev–Trinajstić information content (AvgIpc) is 3.80. The Morgan fingerprint density at radius 1 is 1.06 bits per heavy atom. The number of esters is 1. The number of hydrogen-bond donors (Lipinski definition) is 2. The molecule has 3 aliphatic rings. The fourth-order valence-electron chi connectivity index (χ4n) is 8.18. The number of amides is 3. The van der Waals surface area contributed by atoms with Crippen molar-refractivity contribution in [3.63, 3.8) is 0 Å². The molecule has 0 radical (unpaired) electrons. The number of rotatable bonds is 17. The standard InChI is InChI=1S/C42H46BrN3O8/c1-4-6-17-34(48)53-26-33(28-15-11-8-12-16-28)44-39(49)35-36-40(50)46(30(25-47)23-27-13-9-7-10-14-27)38(42(36)24-32(43)37(35)54-42)41(51)45(22-5-2)29-18-20-31(52-3)21-19-29/h4-5,7-16,18-21,30,32-33,35-38,47H,1-2,6,17,22-26H2,3H3,(H,44,49)/t30-,32?,33+,35+,36-,37+,38+,42-/m1/s1. The third kappa shape index (κ3) is 7.60. The van der Waals surface area contributed by atoms with Gasteiger partial charge in [-0.15, -0.1) is 13.2 Å². The molecule has 3 fully saturated rings. The highest BCUT2D eigenvalue weighted by Gasteiger charge is 2.77. The second-order valence-corrected chi connectivity index (χ2v) is 15.0. The zero-order chi connectivity index (χ0) is 38.4. The number of alkyl halides is 1. The summed E-state index contributed by atoms with van der Waals surface area (Å²) in [5, 5.41) is 14.0. The van der Waals surface area contributed by atoms with Crippen LogP contribution in [0.15, 0.2) is 110 Å². The van der Waals surface area contributed by atoms with Gasteiger partial charge in [-0.1, -0.05) is 88.7 Å². The smallest absolute Gasteiger partial charge is 0.306 e. The molecule has 2 bridgehead atoms. The molecule has 6 rings (SSSR count). The van der Waals surface area contributed by atoms with Gasteiger partial charge in [-0.3, -0.25) is 19.2 Å². The number of methoxy groups -OCH3 is 1. The molecule has 2 N–H and O–H groups in total. The largest absolute Gasteiger partial charge is 0.497 e. The molecule has 3 aromatic carbocycles. The summed E-state index contributed by atoms with van der Waals surface area (Å²) in [6.07, 6.45) is 3.66. The van der Waals surface area contributed by atoms with E-state index in [0.29, 0.717) is 23.4 Å². The number of hydrogen-bond acceptors (Lipinski definition) is 8. The average molecular weight is 801 g/mol. The Morgan fingerprint density at radius 3 is 2.37 bits per heavy atom. The van der Waals surface area contributed by atoms with Crippen LogP contribution in [0.3, 0.4) is 0 Å². The lowest BCUT2D eigenvalue weighted by Crippen LogP contribution is -2.59. The number of aliphatic hydroxyl groups is 1. The van der Waals surface area contributed by atoms with E-state index in [2.05, 4.69) is 34.4 Å². The van der Waals surface area contributed by atoms with Gasteiger partial charge in [0.1, 0.15) is 24.0 Å². The van der Waals surface area contributed by atoms with Crippen LogP contribution in [0.1, 0.15) is 36.4 Å². The number of anilines is 1. The summed E-state index contributed by atoms with van der Waals surface area (Å²) in [4.78, 5) is 59.9. The first-order valence-electron chi connectivity index (χ1n) is 18.1. The van der Waals surface area contributed by atoms with Crippen molar-refractivity contribution in [3.05, 3.63) is 121 Å². The first-order valence-corrected chi connectivity index (χ1v) is 19.1. The molecule has 3 aliphatic heterocycles. The molecule has 0 saturated carbocycles. The van der Waals surface area contributed by atoms with Crippen molar-refractivity contribution in [2.45, 2.75) is 60.3 Å². The first kappa shape index (κ1) is 38.9. The van der Waals surface area contributed by atoms with Gasteiger partial charge in [0.05, 0.1) is 43.7 Å². The lowest BCUT2D eigenvalue weighted by Gasteiger charge is -2.39. The minimum atomic E-state index is -1.40. The van der Waals surface area contributed by atoms with Gasteiger partial charge in [0.25, 0.3) is 5.91 Å². The molecule has 3 aromatic rings. The van der Waals surface area contributed by atoms with E-state index in [1.165, 1.54) is 4.90 Å². The summed E-state index contributed by atoms with van der Waals surface area (Å²) in [6.45, 7) is 7.13. The number of carbonyl (C=O) groups excluding carboxylic acids is 4. The number of benzene rings is 3. The zero-order valence-corrected chi connectivity index (χ0v) is 31.8. The van der Waals surface area contributed by atoms with E-state index in [1.807, 2.05) is 60.7 Å². The fourth-order valence-corrected chi connectivity index (χ4v) is 9.12. The third-order valence-corrected chi connectivity index (χ3v) is 11.5. The molecular weight excluding hydrogens is 754 g/mol. The van der Waals surface area contributed by atoms with Crippen molar-refractivity contribution >= 4 is 45.3 Å². The van der Waals surface area contributed by atoms with Crippen molar-refractivity contribution in [1.29, 1.82) is 0 Å². The van der Waals surface area contributed by atoms with Crippen molar-refractivity contribution < 1.29 is 38.5 Å². The Hall–Kier alpha value is -4.78. The van der Waals surface area contributed by atoms with Gasteiger partial charge in [-0.05, 0) is 54.7 Å². The molecule has 284 valence electrons. The second kappa shape index (κ2) is 17.1. The molecule has 0 aliphatic carbocycles. The predicted octanol–water partition coefficient (Wildman–Crippen LogP) is 4.93. The summed E-state index contributed by atoms with van der Waals surface area (Å²) in [5.74, 6) is -3.17. The number of likely N-dealkylation sites (tertiary alicyclic amines) is 1. The molecule has 11 nitrogen and oxygen atoms in total. The lowest BCUT2D eigenvalue weighted by molar-refractivity contribution is -0.146. The van der Waals surface area contributed by atoms with Crippen LogP contribution in [-0.2, 0) is 35.1 Å². The number of halogens is 1. The summed E-state index contributed by atoms with van der Waals surface area (Å²) < 4.78 is 17.7. The number of fused-ring (bicyclic) bond motifs is 1. The molecule has 12 heteroatoms. The zero-order valence-electron chi connectivity index (χ0n) is 30.2. The molecule has 0 aromatic heterocycles. The van der Waals surface area contributed by atoms with E-state index < -0.39 is 72.0 Å². The van der Waals surface area contributed by atoms with Crippen molar-refractivity contribution in [3.8, 4) is 5.75 Å². The number of allylic oxidation sites excluding steroid dienone is 1. The van der Waals surface area contributed by atoms with Crippen LogP contribution in [0.5, 0.6) is 5.75 Å². The van der Waals surface area contributed by atoms with Gasteiger partial charge in [0.15, 0.2) is 0 Å². The molecule has 1 unspecified atom stereocenters. The molecule has 8 atom stereocenters. The quantitative estimate of drug-likeness (QED) is 0.112. The van der Waals surface area contributed by atoms with Crippen LogP contribution in [0.4, 0.5) is 5.69 Å². The van der Waals surface area contributed by atoms with Crippen LogP contribution in [0.2, 0.25) is 0 Å². The van der Waals surface area contributed by atoms with Crippen LogP contribution >= 0.6 is 15.9 Å². The van der Waals surface area contributed by atoms with Crippen LogP contribution < -0.4 is 15.0 Å². The SMILES string of the molecule is C=CCCC(=O)OC[C@H](NC(=O)[C@@H]1[C@H]2O[C@@]3(CC2Br)[C@H](C(=O)N(CC=C)c2ccc(OC)cc2)N([C@@H](CO)Cc2ccccc2)C(=O)[C@@H]13)c1ccccc1. The van der Waals surface area contributed by atoms with Gasteiger partial charge in [-0.2, -0.15) is 0 Å². The number of nitrogens with one attached hydrogen (secondary N) is 1. The van der Waals surface area contributed by atoms with Crippen LogP contribution in [-0.4, -0.2) is 89.2 Å². The Kier molecular flexibility index (Phi) is 12.4. The Bertz CT molecular complexity index is 1830. The van der Waals surface area contributed by atoms with E-state index in [-0.39, 0.29) is 37.2 Å². The Labute approximate surface area is 324 Å². The Balaban J connectivity index is 1.38. The van der Waals surface area contributed by atoms with E-state index in [0.717, 1.165) is 5.56 Å². The maximum absolute atomic E-state index is 15.1. The highest BCUT2D eigenvalue weighted by molar-refractivity contribution is 9.09. The molecule has 3 heterocycles. The normalized spacial score (nSPS) is 25.0. The molecular formula is C42H46BrN3O8. The molecule has 54 heavy (non-hydrogen) atoms. The van der Waals surface area contributed by atoms with Gasteiger partial charge in [0, 0.05) is 23.5 Å². The van der Waals surface area contributed by atoms with Crippen LogP contribution in [0, 0.1) is 11.8 Å². The Morgan fingerprint density at radius 2 is 1.74 bits per heavy atom. The van der Waals surface area contributed by atoms with Gasteiger partial charge < -0.3 is 34.4 Å². The predicted molar refractivity (Wildman–Crippen MR) is 207 cm³/mol. The highest BCUT2D eigenvalue weighted by Crippen LogP contribution is 2.60. The monoisotopic (exact) mass is 799 g/mol. The third-order valence-electron chi connectivity index (χ3n) is 10.6. The fraction of sp³-hybridized carbons (Fsp3) is 0.381. The number of aliphatic hydroxyl groups excluding tert-OH is 1. The van der Waals surface area contributed by atoms with Crippen LogP contribution in [0.25, 0.3) is 0 Å². The number of ether oxygens (including phenoxy) is 3. The summed E-state index contributed by atoms with van der Waals surface area (Å²) in [5.41, 5.74) is 0.744. The van der Waals surface area contributed by atoms with E-state index in [1.54, 1.807) is 48.4 Å². The lowest BCUT2D eigenvalue weighted by atomic mass is 9.70. The molecule has 3 amide bonds. The summed E-state index contributed by atoms with van der Waals surface area (Å²) >= 11 is 3.76.